The fourth-order valence-corrected chi connectivity index (χ4v) is 6.62. The predicted octanol–water partition coefficient (Wildman–Crippen LogP) is 10.9. The molecule has 0 atom stereocenters. The van der Waals surface area contributed by atoms with Crippen molar-refractivity contribution in [2.75, 3.05) is 0 Å². The van der Waals surface area contributed by atoms with Crippen LogP contribution in [-0.2, 0) is 12.4 Å². The maximum atomic E-state index is 14.0. The van der Waals surface area contributed by atoms with Crippen molar-refractivity contribution in [3.63, 3.8) is 0 Å². The van der Waals surface area contributed by atoms with E-state index in [0.29, 0.717) is 45.3 Å². The van der Waals surface area contributed by atoms with Crippen molar-refractivity contribution >= 4 is 34.1 Å². The van der Waals surface area contributed by atoms with Gasteiger partial charge in [-0.1, -0.05) is 103 Å². The van der Waals surface area contributed by atoms with E-state index in [2.05, 4.69) is 0 Å². The molecular weight excluding hydrogens is 653 g/mol. The van der Waals surface area contributed by atoms with Crippen molar-refractivity contribution in [1.82, 2.24) is 0 Å². The first-order valence-electron chi connectivity index (χ1n) is 15.6. The number of benzene rings is 7. The zero-order valence-corrected chi connectivity index (χ0v) is 25.8. The molecule has 0 unspecified atom stereocenters. The minimum Gasteiger partial charge on any atom is -0.521 e. The van der Waals surface area contributed by atoms with Gasteiger partial charge in [-0.15, -0.1) is 0 Å². The lowest BCUT2D eigenvalue weighted by Gasteiger charge is -2.21. The highest BCUT2D eigenvalue weighted by Gasteiger charge is 2.42. The van der Waals surface area contributed by atoms with Gasteiger partial charge in [-0.3, -0.25) is 0 Å². The second-order valence-corrected chi connectivity index (χ2v) is 12.0. The molecule has 3 nitrogen and oxygen atoms in total. The molecule has 0 saturated heterocycles. The van der Waals surface area contributed by atoms with E-state index in [1.54, 1.807) is 36.4 Å². The summed E-state index contributed by atoms with van der Waals surface area (Å²) in [6.07, 6.45) is -10.2. The Hall–Kier alpha value is -5.90. The van der Waals surface area contributed by atoms with Crippen LogP contribution in [0.25, 0.3) is 54.9 Å². The Kier molecular flexibility index (Phi) is 7.29. The summed E-state index contributed by atoms with van der Waals surface area (Å²) in [6, 6.07) is 35.7. The van der Waals surface area contributed by atoms with Crippen LogP contribution in [0.15, 0.2) is 133 Å². The standard InChI is InChI=1S/C40H23BF6O3/c42-39(43,44)26-20-27(40(45,46)47)22-28(21-26)41-49-34-18-17-24-11-4-6-13-29(24)35(34)36-30-14-7-5-12-25(30)19-33(38(36)50-41)32-16-8-15-31(37(32)48)23-9-2-1-3-10-23/h1-22,48H. The summed E-state index contributed by atoms with van der Waals surface area (Å²) in [5.74, 6) is 0.233. The molecule has 50 heavy (non-hydrogen) atoms. The Morgan fingerprint density at radius 3 is 1.78 bits per heavy atom. The van der Waals surface area contributed by atoms with Gasteiger partial charge in [0, 0.05) is 33.3 Å². The first-order chi connectivity index (χ1) is 24.0. The lowest BCUT2D eigenvalue weighted by Crippen LogP contribution is -2.43. The van der Waals surface area contributed by atoms with E-state index in [9.17, 15) is 31.4 Å². The number of hydrogen-bond donors (Lipinski definition) is 1. The zero-order valence-electron chi connectivity index (χ0n) is 25.8. The van der Waals surface area contributed by atoms with Gasteiger partial charge >= 0.3 is 19.5 Å². The number of para-hydroxylation sites is 1. The summed E-state index contributed by atoms with van der Waals surface area (Å²) in [5.41, 5.74) is -0.455. The van der Waals surface area contributed by atoms with Crippen LogP contribution in [0.5, 0.6) is 17.2 Å². The fourth-order valence-electron chi connectivity index (χ4n) is 6.62. The van der Waals surface area contributed by atoms with E-state index in [1.807, 2.05) is 78.9 Å². The van der Waals surface area contributed by atoms with Crippen molar-refractivity contribution in [1.29, 1.82) is 0 Å². The van der Waals surface area contributed by atoms with E-state index in [4.69, 9.17) is 9.31 Å². The topological polar surface area (TPSA) is 38.7 Å². The van der Waals surface area contributed by atoms with Crippen LogP contribution in [-0.4, -0.2) is 12.2 Å². The molecule has 0 spiro atoms. The lowest BCUT2D eigenvalue weighted by molar-refractivity contribution is -0.142. The van der Waals surface area contributed by atoms with Gasteiger partial charge in [0.2, 0.25) is 0 Å². The molecule has 0 fully saturated rings. The predicted molar refractivity (Wildman–Crippen MR) is 183 cm³/mol. The first kappa shape index (κ1) is 31.4. The van der Waals surface area contributed by atoms with Crippen molar-refractivity contribution in [3.05, 3.63) is 145 Å². The molecule has 1 aliphatic heterocycles. The van der Waals surface area contributed by atoms with Crippen LogP contribution in [0.3, 0.4) is 0 Å². The lowest BCUT2D eigenvalue weighted by atomic mass is 9.76. The Morgan fingerprint density at radius 2 is 1.10 bits per heavy atom. The molecule has 0 aliphatic carbocycles. The Bertz CT molecular complexity index is 2410. The SMILES string of the molecule is Oc1c(-c2ccccc2)cccc1-c1cc2ccccc2c2c1OB(c1cc(C(F)(F)F)cc(C(F)(F)F)c1)Oc1ccc3ccccc3c1-2. The second kappa shape index (κ2) is 11.6. The van der Waals surface area contributed by atoms with Crippen molar-refractivity contribution in [3.8, 4) is 50.6 Å². The molecule has 8 rings (SSSR count). The number of rotatable bonds is 3. The van der Waals surface area contributed by atoms with Gasteiger partial charge in [-0.05, 0) is 57.4 Å². The number of aromatic hydroxyl groups is 1. The molecule has 0 bridgehead atoms. The minimum absolute atomic E-state index is 0.0711. The molecule has 0 amide bonds. The smallest absolute Gasteiger partial charge is 0.521 e. The summed E-state index contributed by atoms with van der Waals surface area (Å²) in [7, 11) is -1.75. The number of phenolic OH excluding ortho intramolecular Hbond substituents is 1. The summed E-state index contributed by atoms with van der Waals surface area (Å²) in [6.45, 7) is 0. The fraction of sp³-hybridized carbons (Fsp3) is 0.0500. The summed E-state index contributed by atoms with van der Waals surface area (Å²) in [5, 5.41) is 14.8. The highest BCUT2D eigenvalue weighted by atomic mass is 19.4. The quantitative estimate of drug-likeness (QED) is 0.150. The van der Waals surface area contributed by atoms with E-state index in [0.717, 1.165) is 21.7 Å². The van der Waals surface area contributed by atoms with Gasteiger partial charge in [0.05, 0.1) is 11.1 Å². The van der Waals surface area contributed by atoms with Crippen molar-refractivity contribution in [2.24, 2.45) is 0 Å². The van der Waals surface area contributed by atoms with Crippen LogP contribution in [0.1, 0.15) is 11.1 Å². The van der Waals surface area contributed by atoms with Gasteiger partial charge < -0.3 is 14.4 Å². The minimum atomic E-state index is -5.09. The molecule has 7 aromatic carbocycles. The number of fused-ring (bicyclic) bond motifs is 7. The zero-order chi connectivity index (χ0) is 34.8. The largest absolute Gasteiger partial charge is 0.632 e. The van der Waals surface area contributed by atoms with Crippen LogP contribution < -0.4 is 14.8 Å². The third-order valence-electron chi connectivity index (χ3n) is 8.89. The summed E-state index contributed by atoms with van der Waals surface area (Å²) in [4.78, 5) is 0. The molecular formula is C40H23BF6O3. The molecule has 246 valence electrons. The van der Waals surface area contributed by atoms with Gasteiger partial charge in [-0.2, -0.15) is 26.3 Å². The van der Waals surface area contributed by atoms with Crippen molar-refractivity contribution in [2.45, 2.75) is 12.4 Å². The van der Waals surface area contributed by atoms with Gasteiger partial charge in [0.25, 0.3) is 0 Å². The average Bonchev–Trinajstić information content (AvgIpc) is 3.29. The third-order valence-corrected chi connectivity index (χ3v) is 8.89. The number of phenols is 1. The Labute approximate surface area is 282 Å². The molecule has 10 heteroatoms. The molecule has 1 aliphatic rings. The third kappa shape index (κ3) is 5.37. The van der Waals surface area contributed by atoms with Gasteiger partial charge in [0.1, 0.15) is 17.2 Å². The maximum absolute atomic E-state index is 14.0. The number of alkyl halides is 6. The summed E-state index contributed by atoms with van der Waals surface area (Å²) >= 11 is 0. The van der Waals surface area contributed by atoms with Crippen LogP contribution in [0.4, 0.5) is 26.3 Å². The number of halogens is 6. The Balaban J connectivity index is 1.47. The molecule has 0 saturated carbocycles. The average molecular weight is 676 g/mol. The Morgan fingerprint density at radius 1 is 0.500 bits per heavy atom. The molecule has 7 aromatic rings. The highest BCUT2D eigenvalue weighted by molar-refractivity contribution is 6.63. The number of hydrogen-bond acceptors (Lipinski definition) is 3. The summed E-state index contributed by atoms with van der Waals surface area (Å²) < 4.78 is 97.1. The molecule has 0 radical (unpaired) electrons. The first-order valence-corrected chi connectivity index (χ1v) is 15.6. The van der Waals surface area contributed by atoms with Gasteiger partial charge in [0.15, 0.2) is 0 Å². The normalized spacial score (nSPS) is 13.0. The molecule has 0 aromatic heterocycles. The van der Waals surface area contributed by atoms with Crippen LogP contribution >= 0.6 is 0 Å². The van der Waals surface area contributed by atoms with Gasteiger partial charge in [-0.25, -0.2) is 0 Å². The van der Waals surface area contributed by atoms with E-state index in [1.165, 1.54) is 0 Å². The van der Waals surface area contributed by atoms with Crippen LogP contribution in [0, 0.1) is 0 Å². The maximum Gasteiger partial charge on any atom is 0.632 e. The molecule has 1 heterocycles. The molecule has 1 N–H and O–H groups in total. The van der Waals surface area contributed by atoms with E-state index >= 15 is 0 Å². The van der Waals surface area contributed by atoms with E-state index < -0.39 is 36.1 Å². The highest BCUT2D eigenvalue weighted by Crippen LogP contribution is 2.53. The second-order valence-electron chi connectivity index (χ2n) is 12.0. The monoisotopic (exact) mass is 676 g/mol. The van der Waals surface area contributed by atoms with Crippen LogP contribution in [0.2, 0.25) is 0 Å². The van der Waals surface area contributed by atoms with Crippen molar-refractivity contribution < 1.29 is 40.8 Å². The van der Waals surface area contributed by atoms with E-state index in [-0.39, 0.29) is 23.3 Å².